The van der Waals surface area contributed by atoms with Gasteiger partial charge in [0.2, 0.25) is 0 Å². The van der Waals surface area contributed by atoms with Crippen LogP contribution in [0.25, 0.3) is 0 Å². The van der Waals surface area contributed by atoms with Crippen LogP contribution in [0.4, 0.5) is 0 Å². The van der Waals surface area contributed by atoms with E-state index in [0.717, 1.165) is 27.9 Å². The van der Waals surface area contributed by atoms with Crippen LogP contribution in [0.1, 0.15) is 27.2 Å². The van der Waals surface area contributed by atoms with Crippen LogP contribution in [-0.2, 0) is 14.3 Å². The van der Waals surface area contributed by atoms with Crippen LogP contribution in [0.3, 0.4) is 0 Å². The van der Waals surface area contributed by atoms with E-state index in [0.29, 0.717) is 12.0 Å². The standard InChI is InChI=1S/C15H14O3/c1-7-4-12(16)14-8(2)5-13-11(6-10(7)14)9(3)15(17)18-13/h4,6,13H,5H2,1-3H3/t13-/m1/s1. The molecule has 0 radical (unpaired) electrons. The molecule has 0 spiro atoms. The lowest BCUT2D eigenvalue weighted by atomic mass is 9.99. The second-order valence-corrected chi connectivity index (χ2v) is 5.08. The van der Waals surface area contributed by atoms with Crippen molar-refractivity contribution < 1.29 is 14.3 Å². The Balaban J connectivity index is 2.22. The highest BCUT2D eigenvalue weighted by Gasteiger charge is 2.36. The highest BCUT2D eigenvalue weighted by molar-refractivity contribution is 6.14. The van der Waals surface area contributed by atoms with Crippen molar-refractivity contribution in [3.05, 3.63) is 45.6 Å². The lowest BCUT2D eigenvalue weighted by Crippen LogP contribution is -2.11. The van der Waals surface area contributed by atoms with Gasteiger partial charge in [-0.05, 0) is 44.1 Å². The average molecular weight is 242 g/mol. The van der Waals surface area contributed by atoms with Gasteiger partial charge in [-0.1, -0.05) is 5.57 Å². The van der Waals surface area contributed by atoms with Gasteiger partial charge >= 0.3 is 5.97 Å². The average Bonchev–Trinajstić information content (AvgIpc) is 2.65. The van der Waals surface area contributed by atoms with Gasteiger partial charge in [0.15, 0.2) is 5.78 Å². The van der Waals surface area contributed by atoms with Gasteiger partial charge in [-0.2, -0.15) is 0 Å². The van der Waals surface area contributed by atoms with Crippen LogP contribution in [0.2, 0.25) is 0 Å². The zero-order valence-corrected chi connectivity index (χ0v) is 10.7. The number of carbonyl (C=O) groups excluding carboxylic acids is 2. The summed E-state index contributed by atoms with van der Waals surface area (Å²) in [6, 6.07) is 0. The van der Waals surface area contributed by atoms with E-state index < -0.39 is 0 Å². The number of fused-ring (bicyclic) bond motifs is 2. The van der Waals surface area contributed by atoms with Gasteiger partial charge in [0.05, 0.1) is 0 Å². The summed E-state index contributed by atoms with van der Waals surface area (Å²) in [7, 11) is 0. The number of carbonyl (C=O) groups is 2. The molecule has 2 aliphatic carbocycles. The molecule has 0 bridgehead atoms. The number of rotatable bonds is 0. The number of hydrogen-bond acceptors (Lipinski definition) is 3. The number of allylic oxidation sites excluding steroid dienone is 4. The number of esters is 1. The Morgan fingerprint density at radius 2 is 1.89 bits per heavy atom. The maximum atomic E-state index is 11.9. The molecule has 1 atom stereocenters. The molecule has 0 aromatic carbocycles. The molecule has 0 saturated heterocycles. The van der Waals surface area contributed by atoms with Gasteiger partial charge in [-0.25, -0.2) is 4.79 Å². The molecule has 0 saturated carbocycles. The van der Waals surface area contributed by atoms with Gasteiger partial charge in [-0.3, -0.25) is 4.79 Å². The summed E-state index contributed by atoms with van der Waals surface area (Å²) < 4.78 is 5.34. The molecule has 0 amide bonds. The first-order valence-corrected chi connectivity index (χ1v) is 6.05. The minimum absolute atomic E-state index is 0.0702. The van der Waals surface area contributed by atoms with Crippen LogP contribution in [0.15, 0.2) is 45.6 Å². The minimum atomic E-state index is -0.242. The van der Waals surface area contributed by atoms with Crippen molar-refractivity contribution >= 4 is 11.8 Å². The Morgan fingerprint density at radius 1 is 1.17 bits per heavy atom. The van der Waals surface area contributed by atoms with Crippen molar-refractivity contribution in [1.82, 2.24) is 0 Å². The van der Waals surface area contributed by atoms with Crippen molar-refractivity contribution in [2.24, 2.45) is 0 Å². The summed E-state index contributed by atoms with van der Waals surface area (Å²) >= 11 is 0. The van der Waals surface area contributed by atoms with Gasteiger partial charge in [0.1, 0.15) is 6.10 Å². The summed E-state index contributed by atoms with van der Waals surface area (Å²) in [6.07, 6.45) is 4.01. The van der Waals surface area contributed by atoms with E-state index in [1.165, 1.54) is 0 Å². The molecule has 0 unspecified atom stereocenters. The van der Waals surface area contributed by atoms with E-state index in [1.807, 2.05) is 19.9 Å². The quantitative estimate of drug-likeness (QED) is 0.613. The van der Waals surface area contributed by atoms with Crippen LogP contribution in [0.5, 0.6) is 0 Å². The summed E-state index contributed by atoms with van der Waals surface area (Å²) in [4.78, 5) is 23.5. The molecule has 3 rings (SSSR count). The molecule has 1 heterocycles. The zero-order chi connectivity index (χ0) is 13.0. The number of hydrogen-bond donors (Lipinski definition) is 0. The van der Waals surface area contributed by atoms with Crippen molar-refractivity contribution in [2.75, 3.05) is 0 Å². The summed E-state index contributed by atoms with van der Waals surface area (Å²) in [5.41, 5.74) is 5.29. The molecule has 3 nitrogen and oxygen atoms in total. The summed E-state index contributed by atoms with van der Waals surface area (Å²) in [6.45, 7) is 5.65. The SMILES string of the molecule is CC1=CC(=O)C2=C(C)C[C@H]3OC(=O)C(C)=C3C=C12. The Bertz CT molecular complexity index is 612. The Labute approximate surface area is 106 Å². The summed E-state index contributed by atoms with van der Waals surface area (Å²) in [5, 5.41) is 0. The van der Waals surface area contributed by atoms with Gasteiger partial charge < -0.3 is 4.74 Å². The van der Waals surface area contributed by atoms with E-state index in [-0.39, 0.29) is 17.9 Å². The predicted octanol–water partition coefficient (Wildman–Crippen LogP) is 2.40. The second kappa shape index (κ2) is 3.55. The molecule has 0 aromatic heterocycles. The lowest BCUT2D eigenvalue weighted by Gasteiger charge is -2.10. The third-order valence-electron chi connectivity index (χ3n) is 3.84. The fourth-order valence-electron chi connectivity index (χ4n) is 2.83. The van der Waals surface area contributed by atoms with E-state index >= 15 is 0 Å². The topological polar surface area (TPSA) is 43.4 Å². The van der Waals surface area contributed by atoms with Crippen molar-refractivity contribution in [2.45, 2.75) is 33.3 Å². The van der Waals surface area contributed by atoms with E-state index in [4.69, 9.17) is 4.74 Å². The third kappa shape index (κ3) is 1.37. The fraction of sp³-hybridized carbons (Fsp3) is 0.333. The first kappa shape index (κ1) is 11.2. The van der Waals surface area contributed by atoms with Crippen molar-refractivity contribution in [1.29, 1.82) is 0 Å². The van der Waals surface area contributed by atoms with Gasteiger partial charge in [-0.15, -0.1) is 0 Å². The van der Waals surface area contributed by atoms with Gasteiger partial charge in [0.25, 0.3) is 0 Å². The predicted molar refractivity (Wildman–Crippen MR) is 66.7 cm³/mol. The van der Waals surface area contributed by atoms with E-state index in [1.54, 1.807) is 13.0 Å². The zero-order valence-electron chi connectivity index (χ0n) is 10.7. The largest absolute Gasteiger partial charge is 0.454 e. The molecular formula is C15H14O3. The van der Waals surface area contributed by atoms with E-state index in [9.17, 15) is 9.59 Å². The first-order chi connectivity index (χ1) is 8.49. The van der Waals surface area contributed by atoms with E-state index in [2.05, 4.69) is 0 Å². The Kier molecular flexibility index (Phi) is 2.21. The maximum absolute atomic E-state index is 11.9. The molecular weight excluding hydrogens is 228 g/mol. The van der Waals surface area contributed by atoms with Crippen LogP contribution in [-0.4, -0.2) is 17.9 Å². The normalized spacial score (nSPS) is 26.7. The number of ether oxygens (including phenoxy) is 1. The summed E-state index contributed by atoms with van der Waals surface area (Å²) in [5.74, 6) is -0.171. The Hall–Kier alpha value is -1.90. The number of ketones is 1. The maximum Gasteiger partial charge on any atom is 0.334 e. The fourth-order valence-corrected chi connectivity index (χ4v) is 2.83. The molecule has 18 heavy (non-hydrogen) atoms. The molecule has 0 N–H and O–H groups in total. The molecule has 1 aliphatic heterocycles. The van der Waals surface area contributed by atoms with Crippen LogP contribution < -0.4 is 0 Å². The van der Waals surface area contributed by atoms with Crippen LogP contribution in [0, 0.1) is 0 Å². The van der Waals surface area contributed by atoms with Gasteiger partial charge in [0, 0.05) is 23.1 Å². The van der Waals surface area contributed by atoms with Crippen molar-refractivity contribution in [3.8, 4) is 0 Å². The van der Waals surface area contributed by atoms with Crippen LogP contribution >= 0.6 is 0 Å². The Morgan fingerprint density at radius 3 is 2.61 bits per heavy atom. The molecule has 3 aliphatic rings. The van der Waals surface area contributed by atoms with Crippen molar-refractivity contribution in [3.63, 3.8) is 0 Å². The first-order valence-electron chi connectivity index (χ1n) is 6.05. The second-order valence-electron chi connectivity index (χ2n) is 5.08. The third-order valence-corrected chi connectivity index (χ3v) is 3.84. The lowest BCUT2D eigenvalue weighted by molar-refractivity contribution is -0.139. The molecule has 0 fully saturated rings. The molecule has 3 heteroatoms. The smallest absolute Gasteiger partial charge is 0.334 e. The highest BCUT2D eigenvalue weighted by Crippen LogP contribution is 2.40. The highest BCUT2D eigenvalue weighted by atomic mass is 16.5. The molecule has 92 valence electrons. The minimum Gasteiger partial charge on any atom is -0.454 e. The monoisotopic (exact) mass is 242 g/mol. The molecule has 0 aromatic rings.